The lowest BCUT2D eigenvalue weighted by molar-refractivity contribution is -0.155. The molecule has 0 aromatic carbocycles. The molecule has 4 saturated carbocycles. The number of carbonyl (C=O) groups is 1. The Morgan fingerprint density at radius 1 is 1.15 bits per heavy atom. The Labute approximate surface area is 123 Å². The minimum Gasteiger partial charge on any atom is -0.369 e. The molecule has 4 rings (SSSR count). The third-order valence-electron chi connectivity index (χ3n) is 5.84. The summed E-state index contributed by atoms with van der Waals surface area (Å²) in [7, 11) is 4.07. The van der Waals surface area contributed by atoms with Crippen LogP contribution in [0.1, 0.15) is 45.4 Å². The SMILES string of the molecule is C[C@@H](OCCN(C)C)C(=O)C12CC3CC(CC(C3)C1)C2. The molecule has 4 aliphatic carbocycles. The van der Waals surface area contributed by atoms with Gasteiger partial charge in [-0.25, -0.2) is 0 Å². The van der Waals surface area contributed by atoms with Crippen LogP contribution < -0.4 is 0 Å². The number of hydrogen-bond donors (Lipinski definition) is 0. The largest absolute Gasteiger partial charge is 0.369 e. The van der Waals surface area contributed by atoms with E-state index in [0.29, 0.717) is 12.4 Å². The highest BCUT2D eigenvalue weighted by Crippen LogP contribution is 2.60. The molecule has 20 heavy (non-hydrogen) atoms. The number of hydrogen-bond acceptors (Lipinski definition) is 3. The average molecular weight is 279 g/mol. The third kappa shape index (κ3) is 2.67. The van der Waals surface area contributed by atoms with Crippen LogP contribution in [0, 0.1) is 23.2 Å². The van der Waals surface area contributed by atoms with E-state index in [0.717, 1.165) is 43.6 Å². The second-order valence-electron chi connectivity index (χ2n) is 7.88. The first-order chi connectivity index (χ1) is 9.48. The van der Waals surface area contributed by atoms with Crippen molar-refractivity contribution < 1.29 is 9.53 Å². The lowest BCUT2D eigenvalue weighted by atomic mass is 9.48. The van der Waals surface area contributed by atoms with Crippen molar-refractivity contribution in [2.45, 2.75) is 51.6 Å². The molecule has 0 aromatic rings. The molecule has 3 heteroatoms. The molecule has 1 atom stereocenters. The number of likely N-dealkylation sites (N-methyl/N-ethyl adjacent to an activating group) is 1. The third-order valence-corrected chi connectivity index (χ3v) is 5.84. The maximum Gasteiger partial charge on any atom is 0.167 e. The van der Waals surface area contributed by atoms with Crippen LogP contribution in [0.2, 0.25) is 0 Å². The monoisotopic (exact) mass is 279 g/mol. The first-order valence-corrected chi connectivity index (χ1v) is 8.29. The van der Waals surface area contributed by atoms with Crippen molar-refractivity contribution in [3.8, 4) is 0 Å². The van der Waals surface area contributed by atoms with Gasteiger partial charge in [0.1, 0.15) is 6.10 Å². The molecule has 3 nitrogen and oxygen atoms in total. The van der Waals surface area contributed by atoms with E-state index in [1.165, 1.54) is 19.3 Å². The summed E-state index contributed by atoms with van der Waals surface area (Å²) in [5.41, 5.74) is -0.00766. The maximum atomic E-state index is 12.9. The number of ketones is 1. The lowest BCUT2D eigenvalue weighted by Gasteiger charge is -2.56. The van der Waals surface area contributed by atoms with Crippen molar-refractivity contribution in [1.29, 1.82) is 0 Å². The summed E-state index contributed by atoms with van der Waals surface area (Å²) in [5.74, 6) is 2.91. The van der Waals surface area contributed by atoms with Gasteiger partial charge in [0.25, 0.3) is 0 Å². The Kier molecular flexibility index (Phi) is 3.93. The zero-order chi connectivity index (χ0) is 14.3. The Morgan fingerprint density at radius 3 is 2.10 bits per heavy atom. The normalized spacial score (nSPS) is 40.3. The van der Waals surface area contributed by atoms with Gasteiger partial charge < -0.3 is 9.64 Å². The zero-order valence-electron chi connectivity index (χ0n) is 13.2. The van der Waals surface area contributed by atoms with Gasteiger partial charge in [-0.05, 0) is 77.3 Å². The van der Waals surface area contributed by atoms with Gasteiger partial charge in [0.05, 0.1) is 6.61 Å². The van der Waals surface area contributed by atoms with Crippen LogP contribution in [-0.2, 0) is 9.53 Å². The van der Waals surface area contributed by atoms with Crippen LogP contribution in [0.5, 0.6) is 0 Å². The Morgan fingerprint density at radius 2 is 1.65 bits per heavy atom. The molecule has 0 N–H and O–H groups in total. The maximum absolute atomic E-state index is 12.9. The van der Waals surface area contributed by atoms with E-state index in [4.69, 9.17) is 4.74 Å². The summed E-state index contributed by atoms with van der Waals surface area (Å²) in [5, 5.41) is 0. The molecule has 114 valence electrons. The average Bonchev–Trinajstić information content (AvgIpc) is 2.35. The first-order valence-electron chi connectivity index (χ1n) is 8.29. The van der Waals surface area contributed by atoms with Crippen molar-refractivity contribution >= 4 is 5.78 Å². The van der Waals surface area contributed by atoms with Crippen molar-refractivity contribution in [3.05, 3.63) is 0 Å². The van der Waals surface area contributed by atoms with Crippen LogP contribution in [0.25, 0.3) is 0 Å². The standard InChI is InChI=1S/C17H29NO2/c1-12(20-5-4-18(2)3)16(19)17-9-13-6-14(10-17)8-15(7-13)11-17/h12-15H,4-11H2,1-3H3/t12-,13?,14?,15?,17?/m1/s1. The topological polar surface area (TPSA) is 29.5 Å². The van der Waals surface area contributed by atoms with E-state index in [1.807, 2.05) is 21.0 Å². The van der Waals surface area contributed by atoms with Gasteiger partial charge in [0.2, 0.25) is 0 Å². The molecule has 0 spiro atoms. The van der Waals surface area contributed by atoms with E-state index in [9.17, 15) is 4.79 Å². The Hall–Kier alpha value is -0.410. The van der Waals surface area contributed by atoms with E-state index >= 15 is 0 Å². The highest BCUT2D eigenvalue weighted by Gasteiger charge is 2.55. The van der Waals surface area contributed by atoms with Crippen LogP contribution >= 0.6 is 0 Å². The summed E-state index contributed by atoms with van der Waals surface area (Å²) in [6, 6.07) is 0. The van der Waals surface area contributed by atoms with E-state index in [2.05, 4.69) is 4.90 Å². The molecular formula is C17H29NO2. The van der Waals surface area contributed by atoms with E-state index < -0.39 is 0 Å². The van der Waals surface area contributed by atoms with Gasteiger partial charge >= 0.3 is 0 Å². The van der Waals surface area contributed by atoms with Gasteiger partial charge in [0, 0.05) is 12.0 Å². The fourth-order valence-electron chi connectivity index (χ4n) is 5.33. The molecule has 0 saturated heterocycles. The Bertz CT molecular complexity index is 342. The predicted octanol–water partition coefficient (Wildman–Crippen LogP) is 2.74. The van der Waals surface area contributed by atoms with Gasteiger partial charge in [-0.2, -0.15) is 0 Å². The summed E-state index contributed by atoms with van der Waals surface area (Å²) in [6.45, 7) is 3.52. The van der Waals surface area contributed by atoms with Crippen LogP contribution in [-0.4, -0.2) is 44.0 Å². The first kappa shape index (κ1) is 14.5. The number of ether oxygens (including phenoxy) is 1. The second-order valence-corrected chi connectivity index (χ2v) is 7.88. The van der Waals surface area contributed by atoms with Gasteiger partial charge in [-0.1, -0.05) is 0 Å². The second kappa shape index (κ2) is 5.42. The molecule has 0 heterocycles. The number of Topliss-reactive ketones (excluding diaryl/α,β-unsaturated/α-hetero) is 1. The van der Waals surface area contributed by atoms with Gasteiger partial charge in [-0.3, -0.25) is 4.79 Å². The molecule has 0 radical (unpaired) electrons. The summed E-state index contributed by atoms with van der Waals surface area (Å²) >= 11 is 0. The molecular weight excluding hydrogens is 250 g/mol. The van der Waals surface area contributed by atoms with Crippen molar-refractivity contribution in [2.24, 2.45) is 23.2 Å². The zero-order valence-corrected chi connectivity index (χ0v) is 13.2. The minimum atomic E-state index is -0.216. The number of nitrogens with zero attached hydrogens (tertiary/aromatic N) is 1. The number of rotatable bonds is 6. The highest BCUT2D eigenvalue weighted by molar-refractivity contribution is 5.89. The molecule has 4 aliphatic rings. The molecule has 0 unspecified atom stereocenters. The minimum absolute atomic E-state index is 0.00766. The molecule has 0 aromatic heterocycles. The number of carbonyl (C=O) groups excluding carboxylic acids is 1. The molecule has 0 aliphatic heterocycles. The Balaban J connectivity index is 1.61. The van der Waals surface area contributed by atoms with Crippen molar-refractivity contribution in [1.82, 2.24) is 4.90 Å². The van der Waals surface area contributed by atoms with Gasteiger partial charge in [0.15, 0.2) is 5.78 Å². The quantitative estimate of drug-likeness (QED) is 0.749. The molecule has 4 fully saturated rings. The van der Waals surface area contributed by atoms with E-state index in [1.54, 1.807) is 0 Å². The van der Waals surface area contributed by atoms with Crippen LogP contribution in [0.3, 0.4) is 0 Å². The highest BCUT2D eigenvalue weighted by atomic mass is 16.5. The van der Waals surface area contributed by atoms with Crippen LogP contribution in [0.15, 0.2) is 0 Å². The van der Waals surface area contributed by atoms with E-state index in [-0.39, 0.29) is 11.5 Å². The van der Waals surface area contributed by atoms with Gasteiger partial charge in [-0.15, -0.1) is 0 Å². The summed E-state index contributed by atoms with van der Waals surface area (Å²) in [4.78, 5) is 15.0. The predicted molar refractivity (Wildman–Crippen MR) is 79.6 cm³/mol. The van der Waals surface area contributed by atoms with Crippen LogP contribution in [0.4, 0.5) is 0 Å². The molecule has 4 bridgehead atoms. The fraction of sp³-hybridized carbons (Fsp3) is 0.941. The summed E-state index contributed by atoms with van der Waals surface area (Å²) < 4.78 is 5.81. The lowest BCUT2D eigenvalue weighted by Crippen LogP contribution is -2.52. The molecule has 0 amide bonds. The summed E-state index contributed by atoms with van der Waals surface area (Å²) in [6.07, 6.45) is 7.41. The van der Waals surface area contributed by atoms with Crippen molar-refractivity contribution in [3.63, 3.8) is 0 Å². The smallest absolute Gasteiger partial charge is 0.167 e. The fourth-order valence-corrected chi connectivity index (χ4v) is 5.33. The van der Waals surface area contributed by atoms with Crippen molar-refractivity contribution in [2.75, 3.05) is 27.2 Å².